The second-order valence-electron chi connectivity index (χ2n) is 2.87. The Balaban J connectivity index is 4.31. The largest absolute Gasteiger partial charge is 0.471 e. The Hall–Kier alpha value is 0.420. The van der Waals surface area contributed by atoms with E-state index in [1.54, 1.807) is 0 Å². The van der Waals surface area contributed by atoms with Crippen molar-refractivity contribution < 1.29 is 18.9 Å². The summed E-state index contributed by atoms with van der Waals surface area (Å²) in [6, 6.07) is 0. The summed E-state index contributed by atoms with van der Waals surface area (Å²) < 4.78 is 15.1. The molecule has 4 N–H and O–H groups in total. The summed E-state index contributed by atoms with van der Waals surface area (Å²) in [6.45, 7) is 1.86. The molecule has 0 spiro atoms. The van der Waals surface area contributed by atoms with Crippen LogP contribution in [0.2, 0.25) is 0 Å². The van der Waals surface area contributed by atoms with Gasteiger partial charge in [-0.05, 0) is 18.6 Å². The van der Waals surface area contributed by atoms with E-state index in [9.17, 15) is 4.57 Å². The van der Waals surface area contributed by atoms with Crippen LogP contribution < -0.4 is 5.73 Å². The van der Waals surface area contributed by atoms with Crippen LogP contribution in [-0.2, 0) is 9.09 Å². The van der Waals surface area contributed by atoms with Gasteiger partial charge in [0.05, 0.1) is 0 Å². The zero-order chi connectivity index (χ0) is 10.5. The topological polar surface area (TPSA) is 92.8 Å². The van der Waals surface area contributed by atoms with Crippen molar-refractivity contribution >= 4 is 20.5 Å². The minimum Gasteiger partial charge on any atom is -0.303 e. The number of hydrogen-bond donors (Lipinski definition) is 4. The molecule has 1 atom stereocenters. The van der Waals surface area contributed by atoms with Crippen LogP contribution >= 0.6 is 20.5 Å². The molecule has 5 nitrogen and oxygen atoms in total. The highest BCUT2D eigenvalue weighted by Crippen LogP contribution is 2.42. The van der Waals surface area contributed by atoms with E-state index in [1.165, 1.54) is 0 Å². The molecule has 80 valence electrons. The highest BCUT2D eigenvalue weighted by atomic mass is 32.1. The van der Waals surface area contributed by atoms with Crippen molar-refractivity contribution in [2.24, 2.45) is 5.73 Å². The van der Waals surface area contributed by atoms with Gasteiger partial charge >= 0.3 is 7.82 Å². The first kappa shape index (κ1) is 13.4. The number of hydrogen-bond acceptors (Lipinski definition) is 4. The van der Waals surface area contributed by atoms with Crippen molar-refractivity contribution in [1.29, 1.82) is 0 Å². The Morgan fingerprint density at radius 3 is 2.38 bits per heavy atom. The standard InChI is InChI=1S/C6H16NO4PS/c1-2-3-6(7,4-5-13)11-12(8,9)10/h13H,2-5,7H2,1H3,(H2,8,9,10). The lowest BCUT2D eigenvalue weighted by atomic mass is 10.1. The van der Waals surface area contributed by atoms with Crippen molar-refractivity contribution in [1.82, 2.24) is 0 Å². The average Bonchev–Trinajstić information content (AvgIpc) is 1.82. The molecule has 13 heavy (non-hydrogen) atoms. The maximum Gasteiger partial charge on any atom is 0.471 e. The van der Waals surface area contributed by atoms with E-state index >= 15 is 0 Å². The Kier molecular flexibility index (Phi) is 5.51. The quantitative estimate of drug-likeness (QED) is 0.308. The Labute approximate surface area is 83.3 Å². The van der Waals surface area contributed by atoms with Crippen LogP contribution in [0.4, 0.5) is 0 Å². The van der Waals surface area contributed by atoms with Gasteiger partial charge in [-0.25, -0.2) is 4.57 Å². The molecule has 0 aromatic heterocycles. The number of nitrogens with two attached hydrogens (primary N) is 1. The first-order valence-electron chi connectivity index (χ1n) is 3.99. The summed E-state index contributed by atoms with van der Waals surface area (Å²) in [5.74, 6) is 0.427. The van der Waals surface area contributed by atoms with Gasteiger partial charge in [0.2, 0.25) is 0 Å². The zero-order valence-corrected chi connectivity index (χ0v) is 9.30. The van der Waals surface area contributed by atoms with E-state index in [4.69, 9.17) is 15.5 Å². The van der Waals surface area contributed by atoms with Crippen molar-refractivity contribution in [3.05, 3.63) is 0 Å². The van der Waals surface area contributed by atoms with Crippen molar-refractivity contribution in [3.8, 4) is 0 Å². The molecule has 1 unspecified atom stereocenters. The van der Waals surface area contributed by atoms with E-state index in [2.05, 4.69) is 17.2 Å². The highest BCUT2D eigenvalue weighted by molar-refractivity contribution is 7.80. The maximum atomic E-state index is 10.6. The fraction of sp³-hybridized carbons (Fsp3) is 1.00. The predicted molar refractivity (Wildman–Crippen MR) is 53.4 cm³/mol. The Morgan fingerprint density at radius 2 is 2.08 bits per heavy atom. The zero-order valence-electron chi connectivity index (χ0n) is 7.51. The first-order valence-corrected chi connectivity index (χ1v) is 6.15. The second-order valence-corrected chi connectivity index (χ2v) is 4.48. The molecule has 0 aliphatic rings. The third kappa shape index (κ3) is 6.49. The van der Waals surface area contributed by atoms with Crippen LogP contribution in [0.5, 0.6) is 0 Å². The molecule has 0 aromatic rings. The van der Waals surface area contributed by atoms with Gasteiger partial charge in [-0.3, -0.25) is 4.52 Å². The third-order valence-corrected chi connectivity index (χ3v) is 2.33. The molecule has 0 radical (unpaired) electrons. The Bertz CT molecular complexity index is 189. The molecule has 0 aliphatic heterocycles. The number of thiol groups is 1. The lowest BCUT2D eigenvalue weighted by molar-refractivity contribution is 0.0287. The van der Waals surface area contributed by atoms with Crippen LogP contribution in [-0.4, -0.2) is 21.3 Å². The predicted octanol–water partition coefficient (Wildman–Crippen LogP) is 0.871. The van der Waals surface area contributed by atoms with E-state index in [1.807, 2.05) is 6.92 Å². The number of phosphoric ester groups is 1. The van der Waals surface area contributed by atoms with Gasteiger partial charge in [0, 0.05) is 0 Å². The lowest BCUT2D eigenvalue weighted by Gasteiger charge is -2.28. The van der Waals surface area contributed by atoms with Crippen LogP contribution in [0.1, 0.15) is 26.2 Å². The van der Waals surface area contributed by atoms with Crippen LogP contribution in [0.25, 0.3) is 0 Å². The maximum absolute atomic E-state index is 10.6. The number of rotatable bonds is 6. The molecule has 7 heteroatoms. The fourth-order valence-corrected chi connectivity index (χ4v) is 2.10. The molecular formula is C6H16NO4PS. The van der Waals surface area contributed by atoms with Gasteiger partial charge in [0.1, 0.15) is 5.72 Å². The summed E-state index contributed by atoms with van der Waals surface area (Å²) >= 11 is 3.94. The van der Waals surface area contributed by atoms with Gasteiger partial charge in [0.25, 0.3) is 0 Å². The van der Waals surface area contributed by atoms with Crippen molar-refractivity contribution in [2.75, 3.05) is 5.75 Å². The van der Waals surface area contributed by atoms with Crippen LogP contribution in [0.15, 0.2) is 0 Å². The van der Waals surface area contributed by atoms with Crippen molar-refractivity contribution in [3.63, 3.8) is 0 Å². The highest BCUT2D eigenvalue weighted by Gasteiger charge is 2.32. The van der Waals surface area contributed by atoms with Gasteiger partial charge in [-0.15, -0.1) is 0 Å². The monoisotopic (exact) mass is 229 g/mol. The van der Waals surface area contributed by atoms with Crippen molar-refractivity contribution in [2.45, 2.75) is 31.9 Å². The molecule has 0 aliphatic carbocycles. The van der Waals surface area contributed by atoms with E-state index in [0.29, 0.717) is 25.0 Å². The van der Waals surface area contributed by atoms with Gasteiger partial charge in [-0.1, -0.05) is 13.3 Å². The third-order valence-electron chi connectivity index (χ3n) is 1.51. The van der Waals surface area contributed by atoms with E-state index in [-0.39, 0.29) is 0 Å². The summed E-state index contributed by atoms with van der Waals surface area (Å²) in [6.07, 6.45) is 1.41. The summed E-state index contributed by atoms with van der Waals surface area (Å²) in [7, 11) is -4.51. The summed E-state index contributed by atoms with van der Waals surface area (Å²) in [5, 5.41) is 0. The van der Waals surface area contributed by atoms with Crippen LogP contribution in [0.3, 0.4) is 0 Å². The molecule has 0 aromatic carbocycles. The Morgan fingerprint density at radius 1 is 1.54 bits per heavy atom. The van der Waals surface area contributed by atoms with E-state index < -0.39 is 13.5 Å². The molecule has 0 heterocycles. The molecule has 0 saturated carbocycles. The molecule has 0 fully saturated rings. The molecule has 0 rings (SSSR count). The second kappa shape index (κ2) is 5.34. The van der Waals surface area contributed by atoms with Gasteiger partial charge in [-0.2, -0.15) is 12.6 Å². The van der Waals surface area contributed by atoms with Gasteiger partial charge < -0.3 is 15.5 Å². The summed E-state index contributed by atoms with van der Waals surface area (Å²) in [4.78, 5) is 17.2. The normalized spacial score (nSPS) is 17.0. The molecular weight excluding hydrogens is 213 g/mol. The molecule has 0 saturated heterocycles. The average molecular weight is 229 g/mol. The lowest BCUT2D eigenvalue weighted by Crippen LogP contribution is -2.42. The minimum atomic E-state index is -4.51. The molecule has 0 bridgehead atoms. The first-order chi connectivity index (χ1) is 5.83. The molecule has 0 amide bonds. The van der Waals surface area contributed by atoms with Crippen LogP contribution in [0, 0.1) is 0 Å². The smallest absolute Gasteiger partial charge is 0.303 e. The van der Waals surface area contributed by atoms with Gasteiger partial charge in [0.15, 0.2) is 0 Å². The van der Waals surface area contributed by atoms with E-state index in [0.717, 1.165) is 0 Å². The SMILES string of the molecule is CCCC(N)(CCS)OP(=O)(O)O. The fourth-order valence-electron chi connectivity index (χ4n) is 1.07. The minimum absolute atomic E-state index is 0.315. The number of phosphoric acid groups is 1. The summed E-state index contributed by atoms with van der Waals surface area (Å²) in [5.41, 5.74) is 4.39.